The van der Waals surface area contributed by atoms with Crippen LogP contribution in [0.15, 0.2) is 188 Å². The van der Waals surface area contributed by atoms with Crippen molar-refractivity contribution in [2.75, 3.05) is 0 Å². The second kappa shape index (κ2) is 15.2. The number of benzene rings is 8. The van der Waals surface area contributed by atoms with Gasteiger partial charge in [-0.1, -0.05) is 210 Å². The maximum atomic E-state index is 2.50. The van der Waals surface area contributed by atoms with Crippen LogP contribution < -0.4 is 0 Å². The van der Waals surface area contributed by atoms with Crippen LogP contribution in [0.3, 0.4) is 0 Å². The van der Waals surface area contributed by atoms with E-state index in [1.807, 2.05) is 0 Å². The van der Waals surface area contributed by atoms with E-state index in [-0.39, 0.29) is 10.8 Å². The van der Waals surface area contributed by atoms with E-state index in [1.165, 1.54) is 106 Å². The van der Waals surface area contributed by atoms with Gasteiger partial charge in [-0.25, -0.2) is 0 Å². The van der Waals surface area contributed by atoms with Crippen LogP contribution in [0, 0.1) is 6.92 Å². The minimum absolute atomic E-state index is 0.00646. The topological polar surface area (TPSA) is 0 Å². The summed E-state index contributed by atoms with van der Waals surface area (Å²) >= 11 is 0. The molecule has 8 aromatic carbocycles. The van der Waals surface area contributed by atoms with Crippen molar-refractivity contribution in [1.29, 1.82) is 0 Å². The highest BCUT2D eigenvalue weighted by Crippen LogP contribution is 2.56. The molecule has 0 bridgehead atoms. The van der Waals surface area contributed by atoms with Crippen molar-refractivity contribution in [1.82, 2.24) is 0 Å². The molecule has 61 heavy (non-hydrogen) atoms. The average Bonchev–Trinajstić information content (AvgIpc) is 3.66. The lowest BCUT2D eigenvalue weighted by Gasteiger charge is -2.24. The third-order valence-corrected chi connectivity index (χ3v) is 14.0. The summed E-state index contributed by atoms with van der Waals surface area (Å²) in [6.45, 7) is 14.0. The fraction of sp³-hybridized carbons (Fsp3) is 0.180. The van der Waals surface area contributed by atoms with Gasteiger partial charge in [0.25, 0.3) is 0 Å². The van der Waals surface area contributed by atoms with Crippen molar-refractivity contribution in [2.45, 2.75) is 71.1 Å². The molecular weight excluding hydrogens is 733 g/mol. The van der Waals surface area contributed by atoms with E-state index in [0.717, 1.165) is 12.8 Å². The van der Waals surface area contributed by atoms with E-state index in [9.17, 15) is 0 Å². The van der Waals surface area contributed by atoms with Crippen LogP contribution >= 0.6 is 0 Å². The largest absolute Gasteiger partial charge is 0.0757 e. The van der Waals surface area contributed by atoms with Gasteiger partial charge in [-0.3, -0.25) is 0 Å². The molecule has 1 unspecified atom stereocenters. The van der Waals surface area contributed by atoms with Crippen molar-refractivity contribution in [3.05, 3.63) is 244 Å². The Morgan fingerprint density at radius 1 is 0.393 bits per heavy atom. The molecule has 1 atom stereocenters. The third kappa shape index (κ3) is 6.80. The number of rotatable bonds is 5. The minimum atomic E-state index is 0.00646. The zero-order valence-electron chi connectivity index (χ0n) is 36.4. The fourth-order valence-electron chi connectivity index (χ4n) is 10.4. The molecule has 8 aromatic rings. The fourth-order valence-corrected chi connectivity index (χ4v) is 10.4. The van der Waals surface area contributed by atoms with E-state index in [1.54, 1.807) is 0 Å². The van der Waals surface area contributed by atoms with Crippen molar-refractivity contribution in [3.8, 4) is 44.5 Å². The Balaban J connectivity index is 0.000000146. The molecular formula is C61H54. The van der Waals surface area contributed by atoms with Crippen molar-refractivity contribution < 1.29 is 0 Å². The van der Waals surface area contributed by atoms with Gasteiger partial charge in [-0.15, -0.1) is 0 Å². The number of fused-ring (bicyclic) bond motifs is 7. The number of aryl methyl sites for hydroxylation is 2. The Bertz CT molecular complexity index is 2940. The molecule has 0 saturated heterocycles. The summed E-state index contributed by atoms with van der Waals surface area (Å²) in [5.74, 6) is 0.372. The molecule has 298 valence electrons. The van der Waals surface area contributed by atoms with Gasteiger partial charge < -0.3 is 0 Å². The van der Waals surface area contributed by atoms with Crippen LogP contribution in [-0.4, -0.2) is 0 Å². The van der Waals surface area contributed by atoms with Crippen LogP contribution in [0.4, 0.5) is 0 Å². The van der Waals surface area contributed by atoms with Crippen molar-refractivity contribution in [3.63, 3.8) is 0 Å². The summed E-state index contributed by atoms with van der Waals surface area (Å²) in [6, 6.07) is 67.3. The maximum Gasteiger partial charge on any atom is 0.0159 e. The molecule has 0 aliphatic heterocycles. The molecule has 0 N–H and O–H groups in total. The van der Waals surface area contributed by atoms with Crippen molar-refractivity contribution in [2.24, 2.45) is 0 Å². The van der Waals surface area contributed by atoms with Crippen LogP contribution in [0.25, 0.3) is 50.1 Å². The summed E-state index contributed by atoms with van der Waals surface area (Å²) in [5.41, 5.74) is 26.2. The van der Waals surface area contributed by atoms with Gasteiger partial charge >= 0.3 is 0 Å². The molecule has 0 amide bonds. The summed E-state index contributed by atoms with van der Waals surface area (Å²) < 4.78 is 0. The molecule has 3 aliphatic rings. The zero-order valence-corrected chi connectivity index (χ0v) is 36.4. The number of allylic oxidation sites excluding steroid dienone is 1. The molecule has 0 heteroatoms. The SMILES string of the molecule is CC(c1ccc(C2=CCCc3ccccc32)cc1)c1ccc(-c2ccccc2)cc1.Cc1ccc2c(c1)C(C)(C)c1cc3c(cc1-2)C(C)(C)c1ccc(-c2ccccc2)cc1-3. The quantitative estimate of drug-likeness (QED) is 0.163. The molecule has 3 aliphatic carbocycles. The standard InChI is InChI=1S/C31H28.C30H26/c1-19-11-13-22-24-17-29-25(18-28(24)31(4,5)27(22)15-19)23-16-21(20-9-7-6-8-10-20)12-14-26(23)30(29,2)3;1-22(23-14-18-26(19-15-23)25-8-3-2-4-9-25)24-16-20-28(21-17-24)30-13-7-11-27-10-5-6-12-29(27)30/h6-18H,1-5H3;2-6,8-10,12-22H,7,11H2,1H3. The van der Waals surface area contributed by atoms with Crippen molar-refractivity contribution >= 4 is 5.57 Å². The van der Waals surface area contributed by atoms with E-state index in [2.05, 4.69) is 230 Å². The summed E-state index contributed by atoms with van der Waals surface area (Å²) in [4.78, 5) is 0. The van der Waals surface area contributed by atoms with E-state index in [4.69, 9.17) is 0 Å². The monoisotopic (exact) mass is 786 g/mol. The highest BCUT2D eigenvalue weighted by molar-refractivity contribution is 5.91. The zero-order chi connectivity index (χ0) is 41.9. The predicted molar refractivity (Wildman–Crippen MR) is 259 cm³/mol. The van der Waals surface area contributed by atoms with Crippen LogP contribution in [0.5, 0.6) is 0 Å². The summed E-state index contributed by atoms with van der Waals surface area (Å²) in [5, 5.41) is 0. The van der Waals surface area contributed by atoms with E-state index >= 15 is 0 Å². The van der Waals surface area contributed by atoms with Crippen LogP contribution in [-0.2, 0) is 17.3 Å². The average molecular weight is 787 g/mol. The smallest absolute Gasteiger partial charge is 0.0159 e. The van der Waals surface area contributed by atoms with Gasteiger partial charge in [0.15, 0.2) is 0 Å². The minimum Gasteiger partial charge on any atom is -0.0757 e. The van der Waals surface area contributed by atoms with E-state index < -0.39 is 0 Å². The lowest BCUT2D eigenvalue weighted by atomic mass is 9.79. The van der Waals surface area contributed by atoms with Gasteiger partial charge in [-0.05, 0) is 138 Å². The highest BCUT2D eigenvalue weighted by atomic mass is 14.4. The highest BCUT2D eigenvalue weighted by Gasteiger charge is 2.41. The first-order valence-corrected chi connectivity index (χ1v) is 22.1. The van der Waals surface area contributed by atoms with Gasteiger partial charge in [-0.2, -0.15) is 0 Å². The second-order valence-electron chi connectivity index (χ2n) is 18.5. The summed E-state index contributed by atoms with van der Waals surface area (Å²) in [7, 11) is 0. The normalized spacial score (nSPS) is 15.2. The Morgan fingerprint density at radius 3 is 1.54 bits per heavy atom. The van der Waals surface area contributed by atoms with Crippen LogP contribution in [0.1, 0.15) is 103 Å². The number of hydrogen-bond donors (Lipinski definition) is 0. The van der Waals surface area contributed by atoms with Gasteiger partial charge in [0, 0.05) is 16.7 Å². The van der Waals surface area contributed by atoms with Gasteiger partial charge in [0.05, 0.1) is 0 Å². The number of hydrogen-bond acceptors (Lipinski definition) is 0. The molecule has 0 aromatic heterocycles. The molecule has 0 saturated carbocycles. The maximum absolute atomic E-state index is 2.50. The first-order chi connectivity index (χ1) is 29.6. The molecule has 0 heterocycles. The lowest BCUT2D eigenvalue weighted by Crippen LogP contribution is -2.17. The third-order valence-electron chi connectivity index (χ3n) is 14.0. The Morgan fingerprint density at radius 2 is 0.885 bits per heavy atom. The lowest BCUT2D eigenvalue weighted by molar-refractivity contribution is 0.652. The molecule has 0 spiro atoms. The van der Waals surface area contributed by atoms with Gasteiger partial charge in [0.2, 0.25) is 0 Å². The van der Waals surface area contributed by atoms with E-state index in [0.29, 0.717) is 5.92 Å². The Kier molecular flexibility index (Phi) is 9.64. The second-order valence-corrected chi connectivity index (χ2v) is 18.5. The van der Waals surface area contributed by atoms with Crippen LogP contribution in [0.2, 0.25) is 0 Å². The molecule has 0 radical (unpaired) electrons. The molecule has 11 rings (SSSR count). The predicted octanol–water partition coefficient (Wildman–Crippen LogP) is 16.2. The van der Waals surface area contributed by atoms with Gasteiger partial charge in [0.1, 0.15) is 0 Å². The Hall–Kier alpha value is -6.50. The first kappa shape index (κ1) is 38.7. The summed E-state index contributed by atoms with van der Waals surface area (Å²) in [6.07, 6.45) is 4.66. The first-order valence-electron chi connectivity index (χ1n) is 22.1. The molecule has 0 nitrogen and oxygen atoms in total. The Labute approximate surface area is 363 Å². The molecule has 0 fully saturated rings.